The molecule has 0 atom stereocenters. The van der Waals surface area contributed by atoms with Gasteiger partial charge in [-0.25, -0.2) is 0 Å². The molecule has 0 amide bonds. The Morgan fingerprint density at radius 3 is 1.46 bits per heavy atom. The van der Waals surface area contributed by atoms with Gasteiger partial charge < -0.3 is 0 Å². The quantitative estimate of drug-likeness (QED) is 0.165. The number of rotatable bonds is 0. The van der Waals surface area contributed by atoms with E-state index in [-0.39, 0.29) is 0 Å². The third kappa shape index (κ3) is 3.31. The maximum absolute atomic E-state index is 9.48. The lowest BCUT2D eigenvalue weighted by atomic mass is 9.63. The molecule has 0 fully saturated rings. The second kappa shape index (κ2) is 9.45. The largest absolute Gasteiger partial charge is 0.0658 e. The van der Waals surface area contributed by atoms with Crippen LogP contribution in [0.2, 0.25) is 0 Å². The van der Waals surface area contributed by atoms with Gasteiger partial charge in [-0.1, -0.05) is 42.5 Å². The number of allylic oxidation sites excluding steroid dienone is 1. The molecule has 0 aliphatic heterocycles. The molecule has 0 radical (unpaired) electrons. The highest BCUT2D eigenvalue weighted by molar-refractivity contribution is 6.01. The van der Waals surface area contributed by atoms with Gasteiger partial charge in [0.1, 0.15) is 0 Å². The molecule has 230 valence electrons. The molecule has 0 unspecified atom stereocenters. The van der Waals surface area contributed by atoms with Crippen molar-refractivity contribution in [3.63, 3.8) is 0 Å². The van der Waals surface area contributed by atoms with Gasteiger partial charge in [0, 0.05) is 2.74 Å². The Morgan fingerprint density at radius 2 is 0.935 bits per heavy atom. The number of hydrogen-bond acceptors (Lipinski definition) is 0. The van der Waals surface area contributed by atoms with Crippen LogP contribution in [0.5, 0.6) is 0 Å². The SMILES string of the molecule is [3H]C1([3H])c2ccccc2-c2cc3c(cc21)C1(C=C3)c2c(C)c(C)c(C)c(C)c2-c2c(C)c(C)c(C)c(C)c2-c2c(C)c(C)c(C)c(C)c21. The van der Waals surface area contributed by atoms with E-state index in [1.54, 1.807) is 0 Å². The summed E-state index contributed by atoms with van der Waals surface area (Å²) in [4.78, 5) is 0. The third-order valence-corrected chi connectivity index (χ3v) is 13.0. The Kier molecular flexibility index (Phi) is 5.54. The van der Waals surface area contributed by atoms with Crippen LogP contribution in [0.3, 0.4) is 0 Å². The molecule has 0 nitrogen and oxygen atoms in total. The van der Waals surface area contributed by atoms with Crippen molar-refractivity contribution in [2.24, 2.45) is 0 Å². The van der Waals surface area contributed by atoms with Crippen molar-refractivity contribution in [2.45, 2.75) is 94.9 Å². The van der Waals surface area contributed by atoms with Gasteiger partial charge >= 0.3 is 0 Å². The van der Waals surface area contributed by atoms with Crippen molar-refractivity contribution in [1.82, 2.24) is 0 Å². The first kappa shape index (κ1) is 27.0. The van der Waals surface area contributed by atoms with E-state index in [1.165, 1.54) is 111 Å². The Balaban J connectivity index is 1.67. The first-order valence-corrected chi connectivity index (χ1v) is 16.9. The van der Waals surface area contributed by atoms with Crippen LogP contribution in [-0.4, -0.2) is 0 Å². The summed E-state index contributed by atoms with van der Waals surface area (Å²) in [5.74, 6) is 0. The van der Waals surface area contributed by atoms with Gasteiger partial charge in [-0.3, -0.25) is 0 Å². The first-order chi connectivity index (χ1) is 22.6. The van der Waals surface area contributed by atoms with Crippen LogP contribution in [0.4, 0.5) is 0 Å². The minimum atomic E-state index is -1.58. The highest BCUT2D eigenvalue weighted by atomic mass is 14.5. The molecular formula is C46H46. The van der Waals surface area contributed by atoms with Gasteiger partial charge in [0.15, 0.2) is 0 Å². The maximum atomic E-state index is 9.48. The molecule has 8 rings (SSSR count). The van der Waals surface area contributed by atoms with Gasteiger partial charge in [-0.2, -0.15) is 0 Å². The number of hydrogen-bond donors (Lipinski definition) is 0. The first-order valence-electron chi connectivity index (χ1n) is 17.9. The average Bonchev–Trinajstić information content (AvgIpc) is 3.50. The summed E-state index contributed by atoms with van der Waals surface area (Å²) >= 11 is 0. The van der Waals surface area contributed by atoms with Gasteiger partial charge in [-0.05, 0) is 229 Å². The third-order valence-electron chi connectivity index (χ3n) is 13.0. The molecule has 0 saturated heterocycles. The van der Waals surface area contributed by atoms with Crippen LogP contribution < -0.4 is 0 Å². The summed E-state index contributed by atoms with van der Waals surface area (Å²) in [6.07, 6.45) is 3.26. The second-order valence-electron chi connectivity index (χ2n) is 14.5. The lowest BCUT2D eigenvalue weighted by Gasteiger charge is -2.38. The molecule has 5 aromatic rings. The normalized spacial score (nSPS) is 16.3. The smallest absolute Gasteiger partial charge is 0.0645 e. The van der Waals surface area contributed by atoms with E-state index in [2.05, 4.69) is 113 Å². The molecule has 0 heteroatoms. The lowest BCUT2D eigenvalue weighted by Crippen LogP contribution is -2.30. The Labute approximate surface area is 279 Å². The van der Waals surface area contributed by atoms with Crippen LogP contribution in [0, 0.1) is 83.1 Å². The zero-order valence-electron chi connectivity index (χ0n) is 31.6. The number of benzene rings is 5. The average molecular weight is 603 g/mol. The summed E-state index contributed by atoms with van der Waals surface area (Å²) in [6, 6.07) is 12.6. The van der Waals surface area contributed by atoms with E-state index in [4.69, 9.17) is 0 Å². The van der Waals surface area contributed by atoms with E-state index in [0.717, 1.165) is 22.3 Å². The molecule has 0 heterocycles. The summed E-state index contributed by atoms with van der Waals surface area (Å²) in [6.45, 7) is 27.8. The summed E-state index contributed by atoms with van der Waals surface area (Å²) in [7, 11) is 0. The zero-order chi connectivity index (χ0) is 34.5. The van der Waals surface area contributed by atoms with Crippen molar-refractivity contribution in [3.8, 4) is 33.4 Å². The summed E-state index contributed by atoms with van der Waals surface area (Å²) in [5, 5.41) is 0. The second-order valence-corrected chi connectivity index (χ2v) is 14.5. The summed E-state index contributed by atoms with van der Waals surface area (Å²) in [5.41, 5.74) is 29.8. The fraction of sp³-hybridized carbons (Fsp3) is 0.304. The van der Waals surface area contributed by atoms with Crippen molar-refractivity contribution in [3.05, 3.63) is 143 Å². The molecule has 3 aliphatic rings. The molecule has 0 bridgehead atoms. The van der Waals surface area contributed by atoms with Crippen molar-refractivity contribution < 1.29 is 2.74 Å². The molecule has 5 aromatic carbocycles. The molecular weight excluding hydrogens is 553 g/mol. The minimum absolute atomic E-state index is 0.597. The molecule has 0 saturated carbocycles. The van der Waals surface area contributed by atoms with E-state index >= 15 is 0 Å². The highest BCUT2D eigenvalue weighted by Crippen LogP contribution is 2.62. The Bertz CT molecular complexity index is 2270. The zero-order valence-corrected chi connectivity index (χ0v) is 29.6. The van der Waals surface area contributed by atoms with Gasteiger partial charge in [0.2, 0.25) is 0 Å². The standard InChI is InChI=1S/C46H46/c1-22-23(2)29(8)41-40(28(22)7)42-30(9)24(3)26(5)32(11)44(42)46(45-33(12)27(6)25(4)31(10)43(41)45)18-17-35-20-38-36(21-39(35)46)19-34-15-13-14-16-37(34)38/h13-18,20-21H,19H2,1-12H3/i19T2. The molecule has 1 spiro atoms. The van der Waals surface area contributed by atoms with Crippen molar-refractivity contribution >= 4 is 6.08 Å². The highest BCUT2D eigenvalue weighted by Gasteiger charge is 2.48. The molecule has 0 N–H and O–H groups in total. The topological polar surface area (TPSA) is 0 Å². The van der Waals surface area contributed by atoms with E-state index in [0.29, 0.717) is 0 Å². The summed E-state index contributed by atoms with van der Waals surface area (Å²) < 4.78 is 19.0. The fourth-order valence-corrected chi connectivity index (χ4v) is 9.43. The Morgan fingerprint density at radius 1 is 0.478 bits per heavy atom. The van der Waals surface area contributed by atoms with Crippen LogP contribution >= 0.6 is 0 Å². The fourth-order valence-electron chi connectivity index (χ4n) is 9.43. The lowest BCUT2D eigenvalue weighted by molar-refractivity contribution is 0.776. The predicted octanol–water partition coefficient (Wildman–Crippen LogP) is 12.0. The van der Waals surface area contributed by atoms with Gasteiger partial charge in [-0.15, -0.1) is 0 Å². The van der Waals surface area contributed by atoms with Gasteiger partial charge in [0.25, 0.3) is 0 Å². The molecule has 3 aliphatic carbocycles. The minimum Gasteiger partial charge on any atom is -0.0645 e. The predicted molar refractivity (Wildman–Crippen MR) is 198 cm³/mol. The van der Waals surface area contributed by atoms with Crippen molar-refractivity contribution in [2.75, 3.05) is 0 Å². The van der Waals surface area contributed by atoms with Crippen LogP contribution in [-0.2, 0) is 11.8 Å². The van der Waals surface area contributed by atoms with Crippen molar-refractivity contribution in [1.29, 1.82) is 0 Å². The van der Waals surface area contributed by atoms with E-state index < -0.39 is 11.8 Å². The van der Waals surface area contributed by atoms with Crippen LogP contribution in [0.1, 0.15) is 103 Å². The number of fused-ring (bicyclic) bond motifs is 12. The van der Waals surface area contributed by atoms with E-state index in [1.807, 2.05) is 18.2 Å². The maximum Gasteiger partial charge on any atom is 0.0658 e. The molecule has 0 aromatic heterocycles. The van der Waals surface area contributed by atoms with Crippen LogP contribution in [0.15, 0.2) is 42.5 Å². The van der Waals surface area contributed by atoms with Crippen LogP contribution in [0.25, 0.3) is 39.5 Å². The van der Waals surface area contributed by atoms with Gasteiger partial charge in [0.05, 0.1) is 5.41 Å². The molecule has 46 heavy (non-hydrogen) atoms. The van der Waals surface area contributed by atoms with E-state index in [9.17, 15) is 2.74 Å². The monoisotopic (exact) mass is 602 g/mol. The Hall–Kier alpha value is -4.16.